The van der Waals surface area contributed by atoms with Gasteiger partial charge in [0.15, 0.2) is 0 Å². The summed E-state index contributed by atoms with van der Waals surface area (Å²) >= 11 is 3.36. The fourth-order valence-corrected chi connectivity index (χ4v) is 5.39. The summed E-state index contributed by atoms with van der Waals surface area (Å²) in [5.74, 6) is 0.815. The predicted octanol–water partition coefficient (Wildman–Crippen LogP) is 3.10. The van der Waals surface area contributed by atoms with Gasteiger partial charge >= 0.3 is 0 Å². The SMILES string of the molecule is O=C(CN1CCN(c2ncccn2)CC1)N1N=C(c2cccs2)CC1c1cccs1. The van der Waals surface area contributed by atoms with Crippen molar-refractivity contribution in [3.63, 3.8) is 0 Å². The Hall–Kier alpha value is -2.62. The van der Waals surface area contributed by atoms with E-state index >= 15 is 0 Å². The highest BCUT2D eigenvalue weighted by Crippen LogP contribution is 2.36. The van der Waals surface area contributed by atoms with Gasteiger partial charge in [0.1, 0.15) is 0 Å². The minimum absolute atomic E-state index is 0.00592. The molecule has 5 heterocycles. The molecule has 3 aromatic rings. The first-order chi connectivity index (χ1) is 14.8. The van der Waals surface area contributed by atoms with Crippen LogP contribution in [0.1, 0.15) is 22.2 Å². The molecular weight excluding hydrogens is 416 g/mol. The molecule has 7 nitrogen and oxygen atoms in total. The van der Waals surface area contributed by atoms with E-state index in [1.54, 1.807) is 40.1 Å². The second-order valence-corrected chi connectivity index (χ2v) is 9.24. The Labute approximate surface area is 183 Å². The number of anilines is 1. The number of hydrazone groups is 1. The van der Waals surface area contributed by atoms with E-state index in [0.717, 1.165) is 49.1 Å². The van der Waals surface area contributed by atoms with Crippen molar-refractivity contribution in [3.05, 3.63) is 63.2 Å². The van der Waals surface area contributed by atoms with Crippen molar-refractivity contribution in [2.45, 2.75) is 12.5 Å². The number of amides is 1. The molecule has 0 spiro atoms. The van der Waals surface area contributed by atoms with Crippen LogP contribution in [-0.4, -0.2) is 64.2 Å². The normalized spacial score (nSPS) is 19.9. The number of hydrogen-bond acceptors (Lipinski definition) is 8. The second-order valence-electron chi connectivity index (χ2n) is 7.31. The number of aromatic nitrogens is 2. The number of carbonyl (C=O) groups excluding carboxylic acids is 1. The average Bonchev–Trinajstić information content (AvgIpc) is 3.56. The topological polar surface area (TPSA) is 64.9 Å². The fraction of sp³-hybridized carbons (Fsp3) is 0.333. The van der Waals surface area contributed by atoms with Crippen LogP contribution in [0.5, 0.6) is 0 Å². The van der Waals surface area contributed by atoms with Gasteiger partial charge < -0.3 is 4.90 Å². The van der Waals surface area contributed by atoms with E-state index in [0.29, 0.717) is 6.54 Å². The first-order valence-corrected chi connectivity index (χ1v) is 11.7. The Morgan fingerprint density at radius 2 is 1.77 bits per heavy atom. The number of rotatable bonds is 5. The third-order valence-corrected chi connectivity index (χ3v) is 7.30. The molecule has 1 saturated heterocycles. The van der Waals surface area contributed by atoms with Crippen LogP contribution in [0.3, 0.4) is 0 Å². The highest BCUT2D eigenvalue weighted by Gasteiger charge is 2.35. The van der Waals surface area contributed by atoms with E-state index in [4.69, 9.17) is 5.10 Å². The zero-order chi connectivity index (χ0) is 20.3. The van der Waals surface area contributed by atoms with Crippen LogP contribution >= 0.6 is 22.7 Å². The molecule has 0 aliphatic carbocycles. The molecule has 2 aliphatic rings. The summed E-state index contributed by atoms with van der Waals surface area (Å²) in [6.07, 6.45) is 4.30. The van der Waals surface area contributed by atoms with Gasteiger partial charge in [-0.05, 0) is 29.0 Å². The maximum atomic E-state index is 13.2. The van der Waals surface area contributed by atoms with Crippen molar-refractivity contribution >= 4 is 40.2 Å². The molecule has 1 unspecified atom stereocenters. The van der Waals surface area contributed by atoms with E-state index in [9.17, 15) is 4.79 Å². The lowest BCUT2D eigenvalue weighted by molar-refractivity contribution is -0.134. The van der Waals surface area contributed by atoms with Crippen LogP contribution in [0.25, 0.3) is 0 Å². The average molecular weight is 439 g/mol. The summed E-state index contributed by atoms with van der Waals surface area (Å²) in [6, 6.07) is 10.1. The highest BCUT2D eigenvalue weighted by molar-refractivity contribution is 7.12. The Morgan fingerprint density at radius 3 is 2.47 bits per heavy atom. The molecule has 1 atom stereocenters. The second kappa shape index (κ2) is 8.63. The van der Waals surface area contributed by atoms with E-state index in [1.807, 2.05) is 18.2 Å². The van der Waals surface area contributed by atoms with E-state index < -0.39 is 0 Å². The van der Waals surface area contributed by atoms with Gasteiger partial charge in [-0.3, -0.25) is 9.69 Å². The first-order valence-electron chi connectivity index (χ1n) is 9.99. The fourth-order valence-electron chi connectivity index (χ4n) is 3.86. The molecule has 0 radical (unpaired) electrons. The molecule has 0 bridgehead atoms. The van der Waals surface area contributed by atoms with Crippen molar-refractivity contribution in [1.29, 1.82) is 0 Å². The standard InChI is InChI=1S/C21H22N6OS2/c28-20(15-25-8-10-26(11-9-25)21-22-6-3-7-23-21)27-17(19-5-2-13-30-19)14-16(24-27)18-4-1-12-29-18/h1-7,12-13,17H,8-11,14-15H2. The summed E-state index contributed by atoms with van der Waals surface area (Å²) in [5.41, 5.74) is 1.00. The van der Waals surface area contributed by atoms with Gasteiger partial charge in [-0.25, -0.2) is 15.0 Å². The van der Waals surface area contributed by atoms with E-state index in [-0.39, 0.29) is 11.9 Å². The van der Waals surface area contributed by atoms with E-state index in [1.165, 1.54) is 4.88 Å². The summed E-state index contributed by atoms with van der Waals surface area (Å²) in [5, 5.41) is 10.6. The lowest BCUT2D eigenvalue weighted by Gasteiger charge is -2.35. The zero-order valence-corrected chi connectivity index (χ0v) is 18.1. The lowest BCUT2D eigenvalue weighted by atomic mass is 10.1. The zero-order valence-electron chi connectivity index (χ0n) is 16.4. The Balaban J connectivity index is 1.26. The number of thiophene rings is 2. The van der Waals surface area contributed by atoms with Crippen LogP contribution < -0.4 is 4.90 Å². The minimum Gasteiger partial charge on any atom is -0.338 e. The molecule has 0 saturated carbocycles. The monoisotopic (exact) mass is 438 g/mol. The van der Waals surface area contributed by atoms with Crippen molar-refractivity contribution in [2.75, 3.05) is 37.6 Å². The molecular formula is C21H22N6OS2. The number of hydrogen-bond donors (Lipinski definition) is 0. The molecule has 1 amide bonds. The van der Waals surface area contributed by atoms with Crippen LogP contribution in [0.4, 0.5) is 5.95 Å². The highest BCUT2D eigenvalue weighted by atomic mass is 32.1. The van der Waals surface area contributed by atoms with Gasteiger partial charge in [0.25, 0.3) is 5.91 Å². The van der Waals surface area contributed by atoms with Gasteiger partial charge in [0, 0.05) is 49.9 Å². The van der Waals surface area contributed by atoms with Gasteiger partial charge in [-0.1, -0.05) is 12.1 Å². The van der Waals surface area contributed by atoms with Crippen LogP contribution in [-0.2, 0) is 4.79 Å². The van der Waals surface area contributed by atoms with Gasteiger partial charge in [-0.2, -0.15) is 5.10 Å². The summed E-state index contributed by atoms with van der Waals surface area (Å²) < 4.78 is 0. The lowest BCUT2D eigenvalue weighted by Crippen LogP contribution is -2.50. The smallest absolute Gasteiger partial charge is 0.257 e. The van der Waals surface area contributed by atoms with Gasteiger partial charge in [0.05, 0.1) is 23.2 Å². The maximum absolute atomic E-state index is 13.2. The third-order valence-electron chi connectivity index (χ3n) is 5.41. The van der Waals surface area contributed by atoms with Crippen LogP contribution in [0.2, 0.25) is 0 Å². The van der Waals surface area contributed by atoms with Crippen molar-refractivity contribution in [2.24, 2.45) is 5.10 Å². The summed E-state index contributed by atoms with van der Waals surface area (Å²) in [6.45, 7) is 3.63. The quantitative estimate of drug-likeness (QED) is 0.613. The Bertz CT molecular complexity index is 998. The van der Waals surface area contributed by atoms with Crippen molar-refractivity contribution in [1.82, 2.24) is 19.9 Å². The van der Waals surface area contributed by atoms with Gasteiger partial charge in [0.2, 0.25) is 5.95 Å². The first kappa shape index (κ1) is 19.3. The predicted molar refractivity (Wildman–Crippen MR) is 120 cm³/mol. The van der Waals surface area contributed by atoms with Crippen LogP contribution in [0.15, 0.2) is 58.6 Å². The molecule has 9 heteroatoms. The summed E-state index contributed by atoms with van der Waals surface area (Å²) in [7, 11) is 0. The molecule has 0 N–H and O–H groups in total. The molecule has 1 fully saturated rings. The minimum atomic E-state index is -0.00592. The van der Waals surface area contributed by atoms with Crippen molar-refractivity contribution in [3.8, 4) is 0 Å². The molecule has 0 aromatic carbocycles. The largest absolute Gasteiger partial charge is 0.338 e. The number of carbonyl (C=O) groups is 1. The molecule has 30 heavy (non-hydrogen) atoms. The molecule has 5 rings (SSSR count). The Kier molecular flexibility index (Phi) is 5.56. The van der Waals surface area contributed by atoms with E-state index in [2.05, 4.69) is 42.7 Å². The van der Waals surface area contributed by atoms with Gasteiger partial charge in [-0.15, -0.1) is 22.7 Å². The Morgan fingerprint density at radius 1 is 1.00 bits per heavy atom. The molecule has 3 aromatic heterocycles. The maximum Gasteiger partial charge on any atom is 0.257 e. The van der Waals surface area contributed by atoms with Crippen molar-refractivity contribution < 1.29 is 4.79 Å². The summed E-state index contributed by atoms with van der Waals surface area (Å²) in [4.78, 5) is 28.6. The molecule has 154 valence electrons. The number of piperazine rings is 1. The number of nitrogens with zero attached hydrogens (tertiary/aromatic N) is 6. The third kappa shape index (κ3) is 4.00. The molecule has 2 aliphatic heterocycles. The van der Waals surface area contributed by atoms with Crippen LogP contribution in [0, 0.1) is 0 Å².